The molecule has 126 valence electrons. The molecule has 3 rings (SSSR count). The second-order valence-corrected chi connectivity index (χ2v) is 5.67. The molecule has 0 fully saturated rings. The van der Waals surface area contributed by atoms with Crippen LogP contribution >= 0.6 is 0 Å². The van der Waals surface area contributed by atoms with Crippen molar-refractivity contribution in [3.8, 4) is 0 Å². The summed E-state index contributed by atoms with van der Waals surface area (Å²) in [6.07, 6.45) is 1.58. The van der Waals surface area contributed by atoms with E-state index in [-0.39, 0.29) is 11.7 Å². The molecule has 0 aliphatic rings. The third kappa shape index (κ3) is 4.41. The number of carbonyl (C=O) groups excluding carboxylic acids is 1. The summed E-state index contributed by atoms with van der Waals surface area (Å²) in [4.78, 5) is 16.4. The lowest BCUT2D eigenvalue weighted by Crippen LogP contribution is -2.12. The highest BCUT2D eigenvalue weighted by molar-refractivity contribution is 6.04. The molecule has 0 radical (unpaired) electrons. The largest absolute Gasteiger partial charge is 0.366 e. The van der Waals surface area contributed by atoms with Gasteiger partial charge in [-0.25, -0.2) is 9.37 Å². The Morgan fingerprint density at radius 3 is 2.48 bits per heavy atom. The van der Waals surface area contributed by atoms with Gasteiger partial charge in [-0.3, -0.25) is 4.79 Å². The molecular weight excluding hydrogens is 317 g/mol. The average molecular weight is 335 g/mol. The van der Waals surface area contributed by atoms with Crippen LogP contribution in [0.1, 0.15) is 21.5 Å². The number of benzene rings is 2. The van der Waals surface area contributed by atoms with Crippen molar-refractivity contribution in [2.24, 2.45) is 0 Å². The van der Waals surface area contributed by atoms with Gasteiger partial charge in [0.15, 0.2) is 0 Å². The van der Waals surface area contributed by atoms with Gasteiger partial charge in [0.05, 0.1) is 11.9 Å². The molecule has 4 nitrogen and oxygen atoms in total. The van der Waals surface area contributed by atoms with Crippen molar-refractivity contribution in [2.45, 2.75) is 13.5 Å². The summed E-state index contributed by atoms with van der Waals surface area (Å²) in [6, 6.07) is 17.1. The number of aromatic nitrogens is 1. The van der Waals surface area contributed by atoms with Crippen molar-refractivity contribution >= 4 is 17.4 Å². The Labute approximate surface area is 145 Å². The summed E-state index contributed by atoms with van der Waals surface area (Å²) in [5, 5.41) is 5.99. The Hall–Kier alpha value is -3.21. The minimum atomic E-state index is -0.373. The normalized spacial score (nSPS) is 10.3. The van der Waals surface area contributed by atoms with Crippen LogP contribution in [0.3, 0.4) is 0 Å². The summed E-state index contributed by atoms with van der Waals surface area (Å²) < 4.78 is 12.9. The molecule has 0 unspecified atom stereocenters. The molecule has 0 saturated carbocycles. The maximum atomic E-state index is 12.9. The number of pyridine rings is 1. The van der Waals surface area contributed by atoms with E-state index in [2.05, 4.69) is 34.7 Å². The highest BCUT2D eigenvalue weighted by Crippen LogP contribution is 2.14. The van der Waals surface area contributed by atoms with Crippen molar-refractivity contribution in [3.63, 3.8) is 0 Å². The lowest BCUT2D eigenvalue weighted by molar-refractivity contribution is 0.102. The SMILES string of the molecule is Cc1ccccc1CNc1ccc(NC(=O)c2ccc(F)cc2)cn1. The standard InChI is InChI=1S/C20H18FN3O/c1-14-4-2-3-5-16(14)12-22-19-11-10-18(13-23-19)24-20(25)15-6-8-17(21)9-7-15/h2-11,13H,12H2,1H3,(H,22,23)(H,24,25). The summed E-state index contributed by atoms with van der Waals surface area (Å²) >= 11 is 0. The first kappa shape index (κ1) is 16.6. The predicted molar refractivity (Wildman–Crippen MR) is 97.1 cm³/mol. The van der Waals surface area contributed by atoms with Gasteiger partial charge in [-0.1, -0.05) is 24.3 Å². The van der Waals surface area contributed by atoms with Crippen LogP contribution in [-0.2, 0) is 6.54 Å². The molecule has 25 heavy (non-hydrogen) atoms. The van der Waals surface area contributed by atoms with Crippen LogP contribution < -0.4 is 10.6 Å². The van der Waals surface area contributed by atoms with Gasteiger partial charge in [0.25, 0.3) is 5.91 Å². The number of amides is 1. The molecule has 2 N–H and O–H groups in total. The van der Waals surface area contributed by atoms with Crippen LogP contribution in [0, 0.1) is 12.7 Å². The Kier molecular flexibility index (Phi) is 5.04. The van der Waals surface area contributed by atoms with Crippen molar-refractivity contribution in [2.75, 3.05) is 10.6 Å². The van der Waals surface area contributed by atoms with Crippen LogP contribution in [0.4, 0.5) is 15.9 Å². The monoisotopic (exact) mass is 335 g/mol. The van der Waals surface area contributed by atoms with E-state index in [1.807, 2.05) is 12.1 Å². The fraction of sp³-hybridized carbons (Fsp3) is 0.100. The number of hydrogen-bond acceptors (Lipinski definition) is 3. The fourth-order valence-corrected chi connectivity index (χ4v) is 2.37. The average Bonchev–Trinajstić information content (AvgIpc) is 2.63. The molecule has 3 aromatic rings. The topological polar surface area (TPSA) is 54.0 Å². The first-order chi connectivity index (χ1) is 12.1. The van der Waals surface area contributed by atoms with Gasteiger partial charge in [-0.05, 0) is 54.4 Å². The van der Waals surface area contributed by atoms with Crippen LogP contribution in [0.5, 0.6) is 0 Å². The molecule has 1 aromatic heterocycles. The van der Waals surface area contributed by atoms with Crippen molar-refractivity contribution < 1.29 is 9.18 Å². The summed E-state index contributed by atoms with van der Waals surface area (Å²) in [5.74, 6) is 0.0488. The van der Waals surface area contributed by atoms with E-state index in [0.29, 0.717) is 17.8 Å². The quantitative estimate of drug-likeness (QED) is 0.727. The van der Waals surface area contributed by atoms with Gasteiger partial charge in [-0.15, -0.1) is 0 Å². The first-order valence-corrected chi connectivity index (χ1v) is 7.93. The lowest BCUT2D eigenvalue weighted by Gasteiger charge is -2.09. The van der Waals surface area contributed by atoms with Crippen molar-refractivity contribution in [3.05, 3.63) is 89.4 Å². The highest BCUT2D eigenvalue weighted by atomic mass is 19.1. The zero-order chi connectivity index (χ0) is 17.6. The van der Waals surface area contributed by atoms with Crippen LogP contribution in [-0.4, -0.2) is 10.9 Å². The van der Waals surface area contributed by atoms with E-state index < -0.39 is 0 Å². The summed E-state index contributed by atoms with van der Waals surface area (Å²) in [6.45, 7) is 2.75. The molecule has 1 amide bonds. The Morgan fingerprint density at radius 1 is 1.04 bits per heavy atom. The zero-order valence-electron chi connectivity index (χ0n) is 13.8. The molecule has 0 saturated heterocycles. The van der Waals surface area contributed by atoms with E-state index in [1.165, 1.54) is 35.4 Å². The van der Waals surface area contributed by atoms with E-state index >= 15 is 0 Å². The Bertz CT molecular complexity index is 861. The van der Waals surface area contributed by atoms with Gasteiger partial charge in [0.1, 0.15) is 11.6 Å². The summed E-state index contributed by atoms with van der Waals surface area (Å²) in [7, 11) is 0. The molecule has 2 aromatic carbocycles. The van der Waals surface area contributed by atoms with Crippen LogP contribution in [0.2, 0.25) is 0 Å². The molecule has 0 bridgehead atoms. The summed E-state index contributed by atoms with van der Waals surface area (Å²) in [5.41, 5.74) is 3.40. The zero-order valence-corrected chi connectivity index (χ0v) is 13.8. The smallest absolute Gasteiger partial charge is 0.255 e. The molecule has 1 heterocycles. The number of carbonyl (C=O) groups is 1. The minimum Gasteiger partial charge on any atom is -0.366 e. The van der Waals surface area contributed by atoms with E-state index in [0.717, 1.165) is 5.82 Å². The van der Waals surface area contributed by atoms with Crippen molar-refractivity contribution in [1.82, 2.24) is 4.98 Å². The molecule has 5 heteroatoms. The third-order valence-electron chi connectivity index (χ3n) is 3.85. The van der Waals surface area contributed by atoms with Crippen LogP contribution in [0.15, 0.2) is 66.9 Å². The molecule has 0 aliphatic heterocycles. The van der Waals surface area contributed by atoms with Gasteiger partial charge in [0, 0.05) is 12.1 Å². The number of rotatable bonds is 5. The molecule has 0 aliphatic carbocycles. The van der Waals surface area contributed by atoms with Crippen LogP contribution in [0.25, 0.3) is 0 Å². The number of halogens is 1. The minimum absolute atomic E-state index is 0.303. The molecular formula is C20H18FN3O. The first-order valence-electron chi connectivity index (χ1n) is 7.93. The maximum Gasteiger partial charge on any atom is 0.255 e. The van der Waals surface area contributed by atoms with E-state index in [4.69, 9.17) is 0 Å². The van der Waals surface area contributed by atoms with E-state index in [9.17, 15) is 9.18 Å². The fourth-order valence-electron chi connectivity index (χ4n) is 2.37. The van der Waals surface area contributed by atoms with Gasteiger partial charge in [0.2, 0.25) is 0 Å². The number of aryl methyl sites for hydroxylation is 1. The second kappa shape index (κ2) is 7.57. The molecule has 0 spiro atoms. The van der Waals surface area contributed by atoms with Gasteiger partial charge < -0.3 is 10.6 Å². The molecule has 0 atom stereocenters. The highest BCUT2D eigenvalue weighted by Gasteiger charge is 2.06. The van der Waals surface area contributed by atoms with Gasteiger partial charge in [-0.2, -0.15) is 0 Å². The van der Waals surface area contributed by atoms with Crippen molar-refractivity contribution in [1.29, 1.82) is 0 Å². The Balaban J connectivity index is 1.59. The van der Waals surface area contributed by atoms with E-state index in [1.54, 1.807) is 18.3 Å². The number of nitrogens with one attached hydrogen (secondary N) is 2. The maximum absolute atomic E-state index is 12.9. The number of anilines is 2. The second-order valence-electron chi connectivity index (χ2n) is 5.67. The lowest BCUT2D eigenvalue weighted by atomic mass is 10.1. The Morgan fingerprint density at radius 2 is 1.80 bits per heavy atom. The van der Waals surface area contributed by atoms with Gasteiger partial charge >= 0.3 is 0 Å². The number of hydrogen-bond donors (Lipinski definition) is 2. The number of nitrogens with zero attached hydrogens (tertiary/aromatic N) is 1. The predicted octanol–water partition coefficient (Wildman–Crippen LogP) is 4.39. The third-order valence-corrected chi connectivity index (χ3v) is 3.85.